The molecule has 1 aliphatic rings. The molecule has 1 aromatic heterocycles. The first-order valence-corrected chi connectivity index (χ1v) is 7.68. The summed E-state index contributed by atoms with van der Waals surface area (Å²) in [6.07, 6.45) is 4.55. The summed E-state index contributed by atoms with van der Waals surface area (Å²) in [5.41, 5.74) is 6.91. The maximum absolute atomic E-state index is 12.4. The van der Waals surface area contributed by atoms with Gasteiger partial charge in [-0.25, -0.2) is 4.98 Å². The van der Waals surface area contributed by atoms with Gasteiger partial charge in [-0.3, -0.25) is 4.79 Å². The van der Waals surface area contributed by atoms with E-state index in [4.69, 9.17) is 17.3 Å². The quantitative estimate of drug-likeness (QED) is 0.819. The summed E-state index contributed by atoms with van der Waals surface area (Å²) in [6, 6.07) is 1.72. The molecule has 5 heteroatoms. The predicted octanol–water partition coefficient (Wildman–Crippen LogP) is 3.65. The van der Waals surface area contributed by atoms with E-state index in [-0.39, 0.29) is 27.9 Å². The highest BCUT2D eigenvalue weighted by Gasteiger charge is 2.39. The second-order valence-electron chi connectivity index (χ2n) is 7.69. The molecule has 0 bridgehead atoms. The summed E-state index contributed by atoms with van der Waals surface area (Å²) >= 11 is 5.99. The van der Waals surface area contributed by atoms with E-state index in [9.17, 15) is 4.79 Å². The number of anilines is 1. The highest BCUT2D eigenvalue weighted by molar-refractivity contribution is 6.32. The second kappa shape index (κ2) is 5.48. The van der Waals surface area contributed by atoms with E-state index in [0.29, 0.717) is 11.3 Å². The first-order valence-electron chi connectivity index (χ1n) is 7.30. The van der Waals surface area contributed by atoms with E-state index in [2.05, 4.69) is 38.0 Å². The maximum atomic E-state index is 12.4. The largest absolute Gasteiger partial charge is 0.397 e. The second-order valence-corrected chi connectivity index (χ2v) is 8.05. The molecule has 0 radical (unpaired) electrons. The number of rotatable bonds is 2. The average Bonchev–Trinajstić information content (AvgIpc) is 2.27. The van der Waals surface area contributed by atoms with Crippen molar-refractivity contribution in [3.63, 3.8) is 0 Å². The van der Waals surface area contributed by atoms with Gasteiger partial charge in [0, 0.05) is 6.04 Å². The zero-order valence-corrected chi connectivity index (χ0v) is 13.9. The molecule has 1 saturated carbocycles. The normalized spacial score (nSPS) is 21.0. The minimum atomic E-state index is -0.196. The molecule has 4 nitrogen and oxygen atoms in total. The molecule has 0 atom stereocenters. The monoisotopic (exact) mass is 309 g/mol. The maximum Gasteiger partial charge on any atom is 0.254 e. The van der Waals surface area contributed by atoms with Gasteiger partial charge in [0.15, 0.2) is 0 Å². The first kappa shape index (κ1) is 16.1. The Labute approximate surface area is 131 Å². The Morgan fingerprint density at radius 1 is 1.33 bits per heavy atom. The van der Waals surface area contributed by atoms with E-state index < -0.39 is 0 Å². The van der Waals surface area contributed by atoms with Crippen molar-refractivity contribution in [2.75, 3.05) is 5.73 Å². The van der Waals surface area contributed by atoms with Crippen molar-refractivity contribution in [3.8, 4) is 0 Å². The number of nitrogen functional groups attached to an aromatic ring is 1. The van der Waals surface area contributed by atoms with E-state index in [1.807, 2.05) is 0 Å². The fourth-order valence-corrected chi connectivity index (χ4v) is 4.02. The Balaban J connectivity index is 2.14. The number of hydrogen-bond acceptors (Lipinski definition) is 3. The van der Waals surface area contributed by atoms with E-state index in [0.717, 1.165) is 19.3 Å². The van der Waals surface area contributed by atoms with Crippen molar-refractivity contribution in [2.45, 2.75) is 53.0 Å². The van der Waals surface area contributed by atoms with Crippen LogP contribution in [0.4, 0.5) is 5.69 Å². The van der Waals surface area contributed by atoms with Gasteiger partial charge in [-0.1, -0.05) is 39.3 Å². The summed E-state index contributed by atoms with van der Waals surface area (Å²) in [7, 11) is 0. The van der Waals surface area contributed by atoms with Crippen molar-refractivity contribution < 1.29 is 4.79 Å². The standard InChI is InChI=1S/C16H24ClN3O/c1-15(2)6-11(7-16(3,4)9-15)20-14(21)12-5-10(18)8-19-13(12)17/h5,8,11H,6-7,9,18H2,1-4H3,(H,20,21). The number of hydrogen-bond donors (Lipinski definition) is 2. The zero-order chi connectivity index (χ0) is 15.8. The number of carbonyl (C=O) groups is 1. The van der Waals surface area contributed by atoms with Gasteiger partial charge < -0.3 is 11.1 Å². The molecule has 1 amide bonds. The fraction of sp³-hybridized carbons (Fsp3) is 0.625. The third-order valence-corrected chi connectivity index (χ3v) is 4.30. The summed E-state index contributed by atoms with van der Waals surface area (Å²) in [5.74, 6) is -0.196. The summed E-state index contributed by atoms with van der Waals surface area (Å²) in [6.45, 7) is 9.01. The van der Waals surface area contributed by atoms with Crippen LogP contribution in [0.2, 0.25) is 5.15 Å². The van der Waals surface area contributed by atoms with Crippen molar-refractivity contribution >= 4 is 23.2 Å². The minimum Gasteiger partial charge on any atom is -0.397 e. The molecule has 0 aliphatic heterocycles. The molecule has 3 N–H and O–H groups in total. The van der Waals surface area contributed by atoms with Gasteiger partial charge in [0.05, 0.1) is 17.4 Å². The number of nitrogens with zero attached hydrogens (tertiary/aromatic N) is 1. The Bertz CT molecular complexity index is 538. The van der Waals surface area contributed by atoms with Crippen LogP contribution in [-0.2, 0) is 0 Å². The third-order valence-electron chi connectivity index (χ3n) is 4.00. The molecular formula is C16H24ClN3O. The van der Waals surface area contributed by atoms with E-state index in [1.54, 1.807) is 6.07 Å². The zero-order valence-electron chi connectivity index (χ0n) is 13.2. The lowest BCUT2D eigenvalue weighted by atomic mass is 9.63. The van der Waals surface area contributed by atoms with Crippen LogP contribution in [0.15, 0.2) is 12.3 Å². The van der Waals surface area contributed by atoms with Crippen molar-refractivity contribution in [1.29, 1.82) is 0 Å². The lowest BCUT2D eigenvalue weighted by molar-refractivity contribution is 0.0713. The van der Waals surface area contributed by atoms with Crippen LogP contribution < -0.4 is 11.1 Å². The van der Waals surface area contributed by atoms with Gasteiger partial charge in [0.2, 0.25) is 0 Å². The number of pyridine rings is 1. The van der Waals surface area contributed by atoms with Crippen LogP contribution >= 0.6 is 11.6 Å². The highest BCUT2D eigenvalue weighted by atomic mass is 35.5. The van der Waals surface area contributed by atoms with Crippen molar-refractivity contribution in [1.82, 2.24) is 10.3 Å². The van der Waals surface area contributed by atoms with Crippen LogP contribution in [0.5, 0.6) is 0 Å². The topological polar surface area (TPSA) is 68.0 Å². The molecule has 1 heterocycles. The Hall–Kier alpha value is -1.29. The third kappa shape index (κ3) is 4.10. The molecule has 1 fully saturated rings. The van der Waals surface area contributed by atoms with Crippen molar-refractivity contribution in [2.24, 2.45) is 10.8 Å². The number of amides is 1. The van der Waals surface area contributed by atoms with Gasteiger partial charge in [-0.2, -0.15) is 0 Å². The van der Waals surface area contributed by atoms with Gasteiger partial charge >= 0.3 is 0 Å². The molecule has 0 aromatic carbocycles. The lowest BCUT2D eigenvalue weighted by Gasteiger charge is -2.45. The number of nitrogens with two attached hydrogens (primary N) is 1. The molecule has 1 aromatic rings. The molecule has 21 heavy (non-hydrogen) atoms. The minimum absolute atomic E-state index is 0.147. The summed E-state index contributed by atoms with van der Waals surface area (Å²) in [5, 5.41) is 3.29. The van der Waals surface area contributed by atoms with E-state index in [1.165, 1.54) is 6.20 Å². The first-order chi connectivity index (χ1) is 9.58. The summed E-state index contributed by atoms with van der Waals surface area (Å²) < 4.78 is 0. The number of carbonyl (C=O) groups excluding carboxylic acids is 1. The van der Waals surface area contributed by atoms with E-state index >= 15 is 0 Å². The van der Waals surface area contributed by atoms with Gasteiger partial charge in [0.25, 0.3) is 5.91 Å². The molecule has 2 rings (SSSR count). The van der Waals surface area contributed by atoms with Crippen LogP contribution in [-0.4, -0.2) is 16.9 Å². The van der Waals surface area contributed by atoms with Crippen molar-refractivity contribution in [3.05, 3.63) is 23.0 Å². The Morgan fingerprint density at radius 2 is 1.90 bits per heavy atom. The number of halogens is 1. The molecule has 0 saturated heterocycles. The van der Waals surface area contributed by atoms with Crippen LogP contribution in [0.3, 0.4) is 0 Å². The molecule has 1 aliphatic carbocycles. The molecule has 0 unspecified atom stereocenters. The molecule has 0 spiro atoms. The van der Waals surface area contributed by atoms with Gasteiger partial charge in [-0.05, 0) is 36.2 Å². The Morgan fingerprint density at radius 3 is 2.48 bits per heavy atom. The van der Waals surface area contributed by atoms with Crippen LogP contribution in [0, 0.1) is 10.8 Å². The smallest absolute Gasteiger partial charge is 0.254 e. The predicted molar refractivity (Wildman–Crippen MR) is 86.3 cm³/mol. The Kier molecular flexibility index (Phi) is 4.20. The SMILES string of the molecule is CC1(C)CC(NC(=O)c2cc(N)cnc2Cl)CC(C)(C)C1. The van der Waals surface area contributed by atoms with Crippen LogP contribution in [0.25, 0.3) is 0 Å². The number of aromatic nitrogens is 1. The summed E-state index contributed by atoms with van der Waals surface area (Å²) in [4.78, 5) is 16.3. The number of nitrogens with one attached hydrogen (secondary N) is 1. The average molecular weight is 310 g/mol. The van der Waals surface area contributed by atoms with Gasteiger partial charge in [0.1, 0.15) is 5.15 Å². The fourth-order valence-electron chi connectivity index (χ4n) is 3.83. The lowest BCUT2D eigenvalue weighted by Crippen LogP contribution is -2.46. The van der Waals surface area contributed by atoms with Gasteiger partial charge in [-0.15, -0.1) is 0 Å². The highest BCUT2D eigenvalue weighted by Crippen LogP contribution is 2.45. The van der Waals surface area contributed by atoms with Crippen LogP contribution in [0.1, 0.15) is 57.3 Å². The molecule has 116 valence electrons. The molecular weight excluding hydrogens is 286 g/mol.